The summed E-state index contributed by atoms with van der Waals surface area (Å²) in [5.41, 5.74) is 6.22. The summed E-state index contributed by atoms with van der Waals surface area (Å²) in [7, 11) is 1.62. The molecule has 5 heteroatoms. The molecule has 2 saturated carbocycles. The summed E-state index contributed by atoms with van der Waals surface area (Å²) in [4.78, 5) is 27.7. The van der Waals surface area contributed by atoms with Crippen molar-refractivity contribution in [1.29, 1.82) is 0 Å². The van der Waals surface area contributed by atoms with Crippen LogP contribution >= 0.6 is 0 Å². The van der Waals surface area contributed by atoms with Crippen molar-refractivity contribution in [2.24, 2.45) is 27.8 Å². The first kappa shape index (κ1) is 26.5. The zero-order chi connectivity index (χ0) is 27.2. The Kier molecular flexibility index (Phi) is 7.04. The number of Topliss-reactive ketones (excluding diaryl/α,β-unsaturated/α-hetero) is 1. The number of benzene rings is 1. The molecule has 0 spiro atoms. The van der Waals surface area contributed by atoms with Gasteiger partial charge in [-0.1, -0.05) is 41.8 Å². The highest BCUT2D eigenvalue weighted by molar-refractivity contribution is 5.90. The highest BCUT2D eigenvalue weighted by Crippen LogP contribution is 2.69. The van der Waals surface area contributed by atoms with E-state index in [0.29, 0.717) is 11.8 Å². The highest BCUT2D eigenvalue weighted by atomic mass is 16.5. The number of ketones is 1. The van der Waals surface area contributed by atoms with E-state index in [0.717, 1.165) is 58.0 Å². The van der Waals surface area contributed by atoms with Gasteiger partial charge in [0.25, 0.3) is 0 Å². The van der Waals surface area contributed by atoms with Crippen molar-refractivity contribution in [3.05, 3.63) is 57.5 Å². The number of hydrogen-bond acceptors (Lipinski definition) is 5. The molecule has 0 aromatic heterocycles. The lowest BCUT2D eigenvalue weighted by molar-refractivity contribution is -0.136. The van der Waals surface area contributed by atoms with E-state index in [-0.39, 0.29) is 29.8 Å². The second kappa shape index (κ2) is 10.4. The summed E-state index contributed by atoms with van der Waals surface area (Å²) >= 11 is 0. The van der Waals surface area contributed by atoms with Crippen LogP contribution in [0.4, 0.5) is 5.69 Å². The van der Waals surface area contributed by atoms with Crippen molar-refractivity contribution in [3.8, 4) is 11.8 Å². The summed E-state index contributed by atoms with van der Waals surface area (Å²) in [5, 5.41) is 3.39. The third-order valence-electron chi connectivity index (χ3n) is 11.0. The molecule has 1 heterocycles. The number of carbonyl (C=O) groups excluding carboxylic acids is 1. The molecule has 5 aliphatic rings. The van der Waals surface area contributed by atoms with Crippen LogP contribution in [-0.2, 0) is 9.53 Å². The quantitative estimate of drug-likeness (QED) is 0.296. The Bertz CT molecular complexity index is 1260. The Morgan fingerprint density at radius 1 is 1.13 bits per heavy atom. The fourth-order valence-electron chi connectivity index (χ4n) is 9.28. The van der Waals surface area contributed by atoms with Crippen molar-refractivity contribution in [2.75, 3.05) is 31.7 Å². The predicted molar refractivity (Wildman–Crippen MR) is 155 cm³/mol. The molecule has 206 valence electrons. The van der Waals surface area contributed by atoms with Crippen LogP contribution in [0.25, 0.3) is 0 Å². The fraction of sp³-hybridized carbons (Fsp3) is 0.618. The summed E-state index contributed by atoms with van der Waals surface area (Å²) < 4.78 is 5.41. The number of hydrogen-bond donors (Lipinski definition) is 0. The van der Waals surface area contributed by atoms with E-state index in [1.165, 1.54) is 35.2 Å². The normalized spacial score (nSPS) is 35.4. The minimum Gasteiger partial charge on any atom is -0.377 e. The number of rotatable bonds is 6. The molecular weight excluding hydrogens is 484 g/mol. The van der Waals surface area contributed by atoms with E-state index in [1.807, 2.05) is 6.92 Å². The van der Waals surface area contributed by atoms with E-state index >= 15 is 0 Å². The summed E-state index contributed by atoms with van der Waals surface area (Å²) in [6, 6.07) is 9.13. The highest BCUT2D eigenvalue weighted by Gasteiger charge is 2.65. The van der Waals surface area contributed by atoms with Crippen LogP contribution < -0.4 is 4.90 Å². The first-order valence-corrected chi connectivity index (χ1v) is 15.0. The minimum atomic E-state index is -0.665. The maximum Gasteiger partial charge on any atom is 0.176 e. The number of nitrogens with zero attached hydrogens (tertiary/aromatic N) is 2. The molecule has 1 aromatic carbocycles. The predicted octanol–water partition coefficient (Wildman–Crippen LogP) is 6.98. The van der Waals surface area contributed by atoms with Crippen LogP contribution in [0.1, 0.15) is 83.1 Å². The van der Waals surface area contributed by atoms with Gasteiger partial charge in [0.2, 0.25) is 0 Å². The molecule has 6 atom stereocenters. The number of methoxy groups -OCH3 is 1. The Morgan fingerprint density at radius 3 is 2.59 bits per heavy atom. The zero-order valence-corrected chi connectivity index (χ0v) is 23.8. The third kappa shape index (κ3) is 4.13. The van der Waals surface area contributed by atoms with Gasteiger partial charge in [-0.05, 0) is 111 Å². The SMILES string of the molecule is CC#C[C@]1(C(=O)COC)CC[C@H]2[C@@H]3CCC4=CC(N=O)CCC4=C3C(c3ccc(N4CCCC4)cc3)C[C@@]21C. The van der Waals surface area contributed by atoms with Gasteiger partial charge in [-0.25, -0.2) is 0 Å². The van der Waals surface area contributed by atoms with E-state index in [2.05, 4.69) is 59.2 Å². The lowest BCUT2D eigenvalue weighted by Crippen LogP contribution is -2.51. The van der Waals surface area contributed by atoms with Crippen LogP contribution in [0.15, 0.2) is 52.2 Å². The topological polar surface area (TPSA) is 59.0 Å². The minimum absolute atomic E-state index is 0.123. The van der Waals surface area contributed by atoms with Gasteiger partial charge in [0.15, 0.2) is 5.78 Å². The Balaban J connectivity index is 1.48. The average molecular weight is 527 g/mol. The van der Waals surface area contributed by atoms with Crippen molar-refractivity contribution in [3.63, 3.8) is 0 Å². The van der Waals surface area contributed by atoms with E-state index < -0.39 is 5.41 Å². The summed E-state index contributed by atoms with van der Waals surface area (Å²) in [5.74, 6) is 7.94. The van der Waals surface area contributed by atoms with Gasteiger partial charge < -0.3 is 9.64 Å². The summed E-state index contributed by atoms with van der Waals surface area (Å²) in [6.07, 6.45) is 11.3. The molecule has 39 heavy (non-hydrogen) atoms. The van der Waals surface area contributed by atoms with Crippen molar-refractivity contribution >= 4 is 11.5 Å². The molecule has 4 aliphatic carbocycles. The smallest absolute Gasteiger partial charge is 0.176 e. The first-order chi connectivity index (χ1) is 19.0. The number of carbonyl (C=O) groups is 1. The van der Waals surface area contributed by atoms with Crippen LogP contribution in [0.3, 0.4) is 0 Å². The molecule has 0 bridgehead atoms. The van der Waals surface area contributed by atoms with Gasteiger partial charge in [0.1, 0.15) is 12.6 Å². The number of nitroso groups, excluding NO2 is 1. The first-order valence-electron chi connectivity index (χ1n) is 15.0. The maximum absolute atomic E-state index is 13.8. The van der Waals surface area contributed by atoms with Crippen molar-refractivity contribution in [2.45, 2.75) is 83.6 Å². The molecule has 0 N–H and O–H groups in total. The second-order valence-corrected chi connectivity index (χ2v) is 12.7. The van der Waals surface area contributed by atoms with Gasteiger partial charge >= 0.3 is 0 Å². The largest absolute Gasteiger partial charge is 0.377 e. The van der Waals surface area contributed by atoms with Crippen LogP contribution in [0, 0.1) is 39.4 Å². The number of allylic oxidation sites excluding steroid dienone is 3. The number of anilines is 1. The van der Waals surface area contributed by atoms with Gasteiger partial charge in [-0.15, -0.1) is 5.92 Å². The van der Waals surface area contributed by atoms with Crippen molar-refractivity contribution in [1.82, 2.24) is 0 Å². The summed E-state index contributed by atoms with van der Waals surface area (Å²) in [6.45, 7) is 6.64. The second-order valence-electron chi connectivity index (χ2n) is 12.7. The van der Waals surface area contributed by atoms with Crippen LogP contribution in [-0.4, -0.2) is 38.6 Å². The molecular formula is C34H42N2O3. The zero-order valence-electron chi connectivity index (χ0n) is 23.8. The monoisotopic (exact) mass is 526 g/mol. The lowest BCUT2D eigenvalue weighted by Gasteiger charge is -2.54. The molecule has 1 saturated heterocycles. The maximum atomic E-state index is 13.8. The molecule has 1 aromatic rings. The molecule has 2 unspecified atom stereocenters. The Morgan fingerprint density at radius 2 is 1.90 bits per heavy atom. The van der Waals surface area contributed by atoms with E-state index in [1.54, 1.807) is 12.7 Å². The molecule has 0 amide bonds. The molecule has 1 aliphatic heterocycles. The van der Waals surface area contributed by atoms with Gasteiger partial charge in [0, 0.05) is 31.8 Å². The Hall–Kier alpha value is -2.71. The Labute approximate surface area is 233 Å². The number of fused-ring (bicyclic) bond motifs is 4. The van der Waals surface area contributed by atoms with Gasteiger partial charge in [-0.2, -0.15) is 4.91 Å². The third-order valence-corrected chi connectivity index (χ3v) is 11.0. The molecule has 6 rings (SSSR count). The molecule has 0 radical (unpaired) electrons. The standard InChI is InChI=1S/C34H42N2O3/c1-4-16-34(31(37)22-39-3)17-15-30-28-13-9-24-20-25(35-38)10-14-27(24)32(28)29(21-33(30,34)2)23-7-11-26(12-8-23)36-18-5-6-19-36/h7-8,11-12,20,25,28-30H,5-6,9-10,13-15,17-19,21-22H2,1-3H3/t25?,28-,29?,30-,33-,34+/m0/s1. The fourth-order valence-corrected chi connectivity index (χ4v) is 9.28. The van der Waals surface area contributed by atoms with Crippen LogP contribution in [0.2, 0.25) is 0 Å². The van der Waals surface area contributed by atoms with E-state index in [9.17, 15) is 9.70 Å². The lowest BCUT2D eigenvalue weighted by atomic mass is 9.48. The van der Waals surface area contributed by atoms with Crippen molar-refractivity contribution < 1.29 is 9.53 Å². The average Bonchev–Trinajstić information content (AvgIpc) is 3.60. The molecule has 3 fully saturated rings. The van der Waals surface area contributed by atoms with Crippen LogP contribution in [0.5, 0.6) is 0 Å². The van der Waals surface area contributed by atoms with E-state index in [4.69, 9.17) is 4.74 Å². The molecule has 5 nitrogen and oxygen atoms in total. The van der Waals surface area contributed by atoms with Gasteiger partial charge in [-0.3, -0.25) is 4.79 Å². The number of ether oxygens (including phenoxy) is 1. The van der Waals surface area contributed by atoms with Gasteiger partial charge in [0.05, 0.1) is 5.41 Å².